The number of ether oxygens (including phenoxy) is 2. The molecule has 1 aliphatic rings. The van der Waals surface area contributed by atoms with Gasteiger partial charge in [-0.05, 0) is 18.6 Å². The van der Waals surface area contributed by atoms with E-state index in [2.05, 4.69) is 0 Å². The number of hydrogen-bond acceptors (Lipinski definition) is 5. The van der Waals surface area contributed by atoms with Crippen LogP contribution in [0.5, 0.6) is 0 Å². The lowest BCUT2D eigenvalue weighted by atomic mass is 10.1. The highest BCUT2D eigenvalue weighted by atomic mass is 32.2. The molecular formula is C15H17FO4S. The minimum Gasteiger partial charge on any atom is -0.451 e. The van der Waals surface area contributed by atoms with E-state index in [1.54, 1.807) is 30.3 Å². The maximum absolute atomic E-state index is 14.3. The number of esters is 2. The molecule has 114 valence electrons. The maximum atomic E-state index is 14.3. The number of thioether (sulfide) groups is 1. The number of alkyl halides is 1. The van der Waals surface area contributed by atoms with Crippen LogP contribution in [-0.2, 0) is 14.3 Å². The van der Waals surface area contributed by atoms with E-state index in [1.165, 1.54) is 18.7 Å². The summed E-state index contributed by atoms with van der Waals surface area (Å²) in [5.74, 6) is -1.13. The molecule has 0 aliphatic carbocycles. The zero-order valence-electron chi connectivity index (χ0n) is 11.8. The average molecular weight is 312 g/mol. The zero-order valence-corrected chi connectivity index (χ0v) is 12.6. The summed E-state index contributed by atoms with van der Waals surface area (Å²) in [7, 11) is 0. The molecule has 4 nitrogen and oxygen atoms in total. The fourth-order valence-electron chi connectivity index (χ4n) is 2.15. The Hall–Kier alpha value is -1.56. The van der Waals surface area contributed by atoms with Gasteiger partial charge < -0.3 is 9.47 Å². The number of hydrogen-bond donors (Lipinski definition) is 0. The van der Waals surface area contributed by atoms with Gasteiger partial charge in [0.05, 0.1) is 5.56 Å². The number of carbonyl (C=O) groups excluding carboxylic acids is 2. The monoisotopic (exact) mass is 312 g/mol. The molecule has 1 aliphatic heterocycles. The van der Waals surface area contributed by atoms with E-state index in [0.717, 1.165) is 0 Å². The number of halogens is 1. The fourth-order valence-corrected chi connectivity index (χ4v) is 3.55. The van der Waals surface area contributed by atoms with Gasteiger partial charge in [-0.2, -0.15) is 0 Å². The third-order valence-electron chi connectivity index (χ3n) is 3.18. The van der Waals surface area contributed by atoms with E-state index in [0.29, 0.717) is 12.0 Å². The van der Waals surface area contributed by atoms with Crippen LogP contribution in [0.15, 0.2) is 30.3 Å². The molecule has 1 fully saturated rings. The highest BCUT2D eigenvalue weighted by Crippen LogP contribution is 2.40. The van der Waals surface area contributed by atoms with Gasteiger partial charge >= 0.3 is 11.9 Å². The molecule has 6 heteroatoms. The second kappa shape index (κ2) is 6.93. The summed E-state index contributed by atoms with van der Waals surface area (Å²) >= 11 is 1.20. The number of rotatable bonds is 4. The molecule has 1 unspecified atom stereocenters. The van der Waals surface area contributed by atoms with E-state index < -0.39 is 29.7 Å². The molecule has 4 atom stereocenters. The van der Waals surface area contributed by atoms with E-state index in [9.17, 15) is 14.0 Å². The number of benzene rings is 1. The Morgan fingerprint density at radius 1 is 1.24 bits per heavy atom. The minimum atomic E-state index is -1.35. The van der Waals surface area contributed by atoms with Crippen LogP contribution in [0.2, 0.25) is 0 Å². The third-order valence-corrected chi connectivity index (χ3v) is 4.76. The van der Waals surface area contributed by atoms with Gasteiger partial charge in [0, 0.05) is 12.2 Å². The van der Waals surface area contributed by atoms with Crippen molar-refractivity contribution in [2.45, 2.75) is 43.2 Å². The predicted octanol–water partition coefficient (Wildman–Crippen LogP) is 2.96. The predicted molar refractivity (Wildman–Crippen MR) is 77.8 cm³/mol. The van der Waals surface area contributed by atoms with Crippen molar-refractivity contribution in [1.82, 2.24) is 0 Å². The fraction of sp³-hybridized carbons (Fsp3) is 0.467. The third kappa shape index (κ3) is 3.75. The van der Waals surface area contributed by atoms with Crippen LogP contribution in [-0.4, -0.2) is 34.9 Å². The average Bonchev–Trinajstić information content (AvgIpc) is 2.76. The van der Waals surface area contributed by atoms with E-state index in [4.69, 9.17) is 9.47 Å². The quantitative estimate of drug-likeness (QED) is 0.800. The molecular weight excluding hydrogens is 295 g/mol. The summed E-state index contributed by atoms with van der Waals surface area (Å²) in [6.45, 7) is 3.10. The highest BCUT2D eigenvalue weighted by molar-refractivity contribution is 8.00. The molecule has 1 heterocycles. The van der Waals surface area contributed by atoms with Crippen LogP contribution in [0.3, 0.4) is 0 Å². The van der Waals surface area contributed by atoms with Crippen molar-refractivity contribution in [3.05, 3.63) is 35.9 Å². The van der Waals surface area contributed by atoms with Crippen LogP contribution in [0.4, 0.5) is 4.39 Å². The summed E-state index contributed by atoms with van der Waals surface area (Å²) in [5, 5.41) is -0.345. The normalized spacial score (nSPS) is 28.1. The van der Waals surface area contributed by atoms with Crippen molar-refractivity contribution >= 4 is 23.7 Å². The highest BCUT2D eigenvalue weighted by Gasteiger charge is 2.48. The Kier molecular flexibility index (Phi) is 5.22. The van der Waals surface area contributed by atoms with Gasteiger partial charge in [-0.1, -0.05) is 25.1 Å². The van der Waals surface area contributed by atoms with Gasteiger partial charge in [-0.25, -0.2) is 9.18 Å². The van der Waals surface area contributed by atoms with Gasteiger partial charge in [0.1, 0.15) is 0 Å². The van der Waals surface area contributed by atoms with Crippen LogP contribution in [0.1, 0.15) is 30.6 Å². The van der Waals surface area contributed by atoms with Gasteiger partial charge in [-0.15, -0.1) is 11.8 Å². The summed E-state index contributed by atoms with van der Waals surface area (Å²) in [4.78, 5) is 23.1. The molecule has 1 aromatic rings. The molecule has 0 spiro atoms. The van der Waals surface area contributed by atoms with Crippen LogP contribution in [0, 0.1) is 0 Å². The van der Waals surface area contributed by atoms with Crippen LogP contribution >= 0.6 is 11.8 Å². The Morgan fingerprint density at radius 3 is 2.48 bits per heavy atom. The Bertz CT molecular complexity index is 508. The van der Waals surface area contributed by atoms with Gasteiger partial charge in [0.15, 0.2) is 17.7 Å². The topological polar surface area (TPSA) is 52.6 Å². The van der Waals surface area contributed by atoms with E-state index in [1.807, 2.05) is 6.92 Å². The second-order valence-corrected chi connectivity index (χ2v) is 6.08. The summed E-state index contributed by atoms with van der Waals surface area (Å²) in [5.41, 5.74) is -0.452. The smallest absolute Gasteiger partial charge is 0.338 e. The van der Waals surface area contributed by atoms with Crippen molar-refractivity contribution in [2.75, 3.05) is 0 Å². The second-order valence-electron chi connectivity index (χ2n) is 4.74. The van der Waals surface area contributed by atoms with Crippen LogP contribution < -0.4 is 0 Å². The van der Waals surface area contributed by atoms with Crippen molar-refractivity contribution in [2.24, 2.45) is 0 Å². The molecule has 0 aromatic heterocycles. The molecule has 21 heavy (non-hydrogen) atoms. The molecule has 0 amide bonds. The van der Waals surface area contributed by atoms with E-state index in [-0.39, 0.29) is 5.25 Å². The first-order chi connectivity index (χ1) is 10.0. The molecule has 1 aromatic carbocycles. The first kappa shape index (κ1) is 15.8. The molecule has 0 radical (unpaired) electrons. The largest absolute Gasteiger partial charge is 0.451 e. The molecule has 2 rings (SSSR count). The van der Waals surface area contributed by atoms with Gasteiger partial charge in [0.2, 0.25) is 0 Å². The van der Waals surface area contributed by atoms with Crippen molar-refractivity contribution in [3.63, 3.8) is 0 Å². The van der Waals surface area contributed by atoms with Crippen molar-refractivity contribution < 1.29 is 23.5 Å². The molecule has 0 saturated carbocycles. The van der Waals surface area contributed by atoms with E-state index >= 15 is 0 Å². The SMILES string of the molecule is CC[C@H]1S[C@@H](OC(C)=O)C(OC(=O)c2ccccc2)[C@H]1F. The Labute approximate surface area is 127 Å². The Morgan fingerprint density at radius 2 is 1.90 bits per heavy atom. The molecule has 0 N–H and O–H groups in total. The minimum absolute atomic E-state index is 0.344. The molecule has 1 saturated heterocycles. The van der Waals surface area contributed by atoms with Gasteiger partial charge in [0.25, 0.3) is 0 Å². The molecule has 0 bridgehead atoms. The zero-order chi connectivity index (χ0) is 15.4. The van der Waals surface area contributed by atoms with Crippen LogP contribution in [0.25, 0.3) is 0 Å². The van der Waals surface area contributed by atoms with Crippen molar-refractivity contribution in [1.29, 1.82) is 0 Å². The lowest BCUT2D eigenvalue weighted by molar-refractivity contribution is -0.147. The summed E-state index contributed by atoms with van der Waals surface area (Å²) in [6.07, 6.45) is -1.85. The van der Waals surface area contributed by atoms with Gasteiger partial charge in [-0.3, -0.25) is 4.79 Å². The Balaban J connectivity index is 2.11. The summed E-state index contributed by atoms with van der Waals surface area (Å²) in [6, 6.07) is 8.36. The maximum Gasteiger partial charge on any atom is 0.338 e. The summed E-state index contributed by atoms with van der Waals surface area (Å²) < 4.78 is 24.7. The van der Waals surface area contributed by atoms with Crippen molar-refractivity contribution in [3.8, 4) is 0 Å². The first-order valence-electron chi connectivity index (χ1n) is 6.75. The number of carbonyl (C=O) groups is 2. The standard InChI is InChI=1S/C15H17FO4S/c1-3-11-12(16)13(15(21-11)19-9(2)17)20-14(18)10-7-5-4-6-8-10/h4-8,11-13,15H,3H2,1-2H3/t11-,12+,13?,15-/m1/s1. The lowest BCUT2D eigenvalue weighted by Crippen LogP contribution is -2.36. The first-order valence-corrected chi connectivity index (χ1v) is 7.70. The lowest BCUT2D eigenvalue weighted by Gasteiger charge is -2.20.